The van der Waals surface area contributed by atoms with Crippen molar-refractivity contribution in [1.82, 2.24) is 0 Å². The van der Waals surface area contributed by atoms with E-state index in [0.29, 0.717) is 33.0 Å². The van der Waals surface area contributed by atoms with Crippen LogP contribution in [0, 0.1) is 0 Å². The maximum absolute atomic E-state index is 10.4. The summed E-state index contributed by atoms with van der Waals surface area (Å²) in [7, 11) is 0. The quantitative estimate of drug-likeness (QED) is 0.0858. The van der Waals surface area contributed by atoms with E-state index in [1.807, 2.05) is 34.6 Å². The van der Waals surface area contributed by atoms with Crippen molar-refractivity contribution in [2.45, 2.75) is 149 Å². The van der Waals surface area contributed by atoms with Crippen molar-refractivity contribution >= 4 is 5.97 Å². The third-order valence-electron chi connectivity index (χ3n) is 6.56. The zero-order valence-corrected chi connectivity index (χ0v) is 30.4. The number of aliphatic carboxylic acids is 1. The molecule has 0 spiro atoms. The molecule has 0 saturated heterocycles. The summed E-state index contributed by atoms with van der Waals surface area (Å²) in [4.78, 5) is 10.4. The fourth-order valence-electron chi connectivity index (χ4n) is 3.94. The molecule has 0 rings (SSSR count). The predicted octanol–water partition coefficient (Wildman–Crippen LogP) is 2.11. The van der Waals surface area contributed by atoms with Gasteiger partial charge in [-0.1, -0.05) is 64.7 Å². The van der Waals surface area contributed by atoms with Crippen LogP contribution in [0.5, 0.6) is 0 Å². The molecule has 10 heteroatoms. The largest absolute Gasteiger partial charge is 1.00 e. The van der Waals surface area contributed by atoms with Crippen molar-refractivity contribution in [2.24, 2.45) is 0 Å². The third-order valence-corrected chi connectivity index (χ3v) is 6.56. The molecule has 0 aliphatic rings. The van der Waals surface area contributed by atoms with Crippen LogP contribution in [0.3, 0.4) is 0 Å². The maximum atomic E-state index is 10.4. The van der Waals surface area contributed by atoms with Gasteiger partial charge in [0.05, 0.1) is 88.8 Å². The Morgan fingerprint density at radius 2 is 0.810 bits per heavy atom. The molecule has 6 atom stereocenters. The van der Waals surface area contributed by atoms with Crippen LogP contribution in [0.2, 0.25) is 0 Å². The van der Waals surface area contributed by atoms with E-state index in [2.05, 4.69) is 6.92 Å². The molecular weight excluding hydrogens is 551 g/mol. The van der Waals surface area contributed by atoms with Gasteiger partial charge in [0.15, 0.2) is 0 Å². The van der Waals surface area contributed by atoms with E-state index in [-0.39, 0.29) is 72.8 Å². The van der Waals surface area contributed by atoms with Crippen molar-refractivity contribution in [2.75, 3.05) is 52.9 Å². The summed E-state index contributed by atoms with van der Waals surface area (Å²) in [6, 6.07) is 0. The minimum absolute atomic E-state index is 0. The van der Waals surface area contributed by atoms with Gasteiger partial charge < -0.3 is 43.1 Å². The molecule has 0 N–H and O–H groups in total. The van der Waals surface area contributed by atoms with Crippen LogP contribution in [-0.4, -0.2) is 95.4 Å². The Balaban J connectivity index is 0. The molecule has 0 amide bonds. The molecule has 6 unspecified atom stereocenters. The van der Waals surface area contributed by atoms with Gasteiger partial charge in [-0.15, -0.1) is 0 Å². The molecule has 0 aromatic carbocycles. The van der Waals surface area contributed by atoms with Gasteiger partial charge in [0, 0.05) is 6.61 Å². The van der Waals surface area contributed by atoms with Crippen LogP contribution in [0.4, 0.5) is 0 Å². The summed E-state index contributed by atoms with van der Waals surface area (Å²) in [5, 5.41) is 10.4. The first-order valence-electron chi connectivity index (χ1n) is 16.1. The van der Waals surface area contributed by atoms with Crippen LogP contribution < -0.4 is 34.7 Å². The van der Waals surface area contributed by atoms with Gasteiger partial charge in [-0.2, -0.15) is 0 Å². The number of carboxylic acids is 1. The van der Waals surface area contributed by atoms with Crippen LogP contribution in [-0.2, 0) is 38.0 Å². The first-order chi connectivity index (χ1) is 19.6. The Kier molecular flexibility index (Phi) is 32.9. The first kappa shape index (κ1) is 44.3. The van der Waals surface area contributed by atoms with Crippen LogP contribution in [0.15, 0.2) is 0 Å². The second kappa shape index (κ2) is 31.2. The molecule has 0 radical (unpaired) electrons. The van der Waals surface area contributed by atoms with Gasteiger partial charge in [0.2, 0.25) is 0 Å². The summed E-state index contributed by atoms with van der Waals surface area (Å²) in [6.07, 6.45) is 12.6. The number of hydrogen-bond acceptors (Lipinski definition) is 9. The molecule has 0 aliphatic heterocycles. The van der Waals surface area contributed by atoms with E-state index >= 15 is 0 Å². The number of ether oxygens (including phenoxy) is 7. The normalized spacial score (nSPS) is 15.9. The topological polar surface area (TPSA) is 105 Å². The average Bonchev–Trinajstić information content (AvgIpc) is 2.95. The summed E-state index contributed by atoms with van der Waals surface area (Å²) in [5.74, 6) is -1.24. The Morgan fingerprint density at radius 3 is 1.17 bits per heavy atom. The maximum Gasteiger partial charge on any atom is 1.00 e. The van der Waals surface area contributed by atoms with E-state index in [9.17, 15) is 9.90 Å². The zero-order chi connectivity index (χ0) is 30.7. The van der Waals surface area contributed by atoms with Gasteiger partial charge in [-0.3, -0.25) is 0 Å². The Morgan fingerprint density at radius 1 is 0.500 bits per heavy atom. The number of carboxylic acid groups (broad SMARTS) is 1. The third kappa shape index (κ3) is 31.6. The van der Waals surface area contributed by atoms with E-state index in [1.165, 1.54) is 57.8 Å². The number of hydrogen-bond donors (Lipinski definition) is 0. The predicted molar refractivity (Wildman–Crippen MR) is 160 cm³/mol. The summed E-state index contributed by atoms with van der Waals surface area (Å²) >= 11 is 0. The van der Waals surface area contributed by atoms with E-state index in [4.69, 9.17) is 33.2 Å². The van der Waals surface area contributed by atoms with Gasteiger partial charge in [0.1, 0.15) is 0 Å². The molecule has 9 nitrogen and oxygen atoms in total. The molecule has 0 fully saturated rings. The molecule has 0 aliphatic carbocycles. The SMILES string of the molecule is CCCCCCCCCCCCOCC(C)OCC(C)OCC(C)OCC(C)OCC(C)OCC(C)OCC(=O)[O-].[Na+]. The second-order valence-electron chi connectivity index (χ2n) is 11.5. The van der Waals surface area contributed by atoms with Crippen molar-refractivity contribution in [3.8, 4) is 0 Å². The van der Waals surface area contributed by atoms with Crippen molar-refractivity contribution in [1.29, 1.82) is 0 Å². The first-order valence-corrected chi connectivity index (χ1v) is 16.1. The van der Waals surface area contributed by atoms with Gasteiger partial charge in [-0.05, 0) is 48.0 Å². The number of carbonyl (C=O) groups is 1. The van der Waals surface area contributed by atoms with E-state index < -0.39 is 12.6 Å². The van der Waals surface area contributed by atoms with Gasteiger partial charge >= 0.3 is 29.6 Å². The number of unbranched alkanes of at least 4 members (excludes halogenated alkanes) is 9. The second-order valence-corrected chi connectivity index (χ2v) is 11.5. The van der Waals surface area contributed by atoms with Crippen LogP contribution in [0.1, 0.15) is 113 Å². The zero-order valence-electron chi connectivity index (χ0n) is 28.4. The number of carbonyl (C=O) groups excluding carboxylic acids is 1. The Bertz CT molecular complexity index is 584. The monoisotopic (exact) mass is 614 g/mol. The van der Waals surface area contributed by atoms with Gasteiger partial charge in [-0.25, -0.2) is 0 Å². The van der Waals surface area contributed by atoms with Crippen molar-refractivity contribution < 1.29 is 72.6 Å². The summed E-state index contributed by atoms with van der Waals surface area (Å²) in [6.45, 7) is 17.0. The minimum Gasteiger partial charge on any atom is -0.548 e. The summed E-state index contributed by atoms with van der Waals surface area (Å²) in [5.41, 5.74) is 0. The fraction of sp³-hybridized carbons (Fsp3) is 0.969. The van der Waals surface area contributed by atoms with Gasteiger partial charge in [0.25, 0.3) is 0 Å². The van der Waals surface area contributed by atoms with Crippen molar-refractivity contribution in [3.05, 3.63) is 0 Å². The molecule has 246 valence electrons. The van der Waals surface area contributed by atoms with Crippen molar-refractivity contribution in [3.63, 3.8) is 0 Å². The Hall–Kier alpha value is 0.190. The van der Waals surface area contributed by atoms with Crippen LogP contribution in [0.25, 0.3) is 0 Å². The molecule has 0 heterocycles. The molecule has 42 heavy (non-hydrogen) atoms. The fourth-order valence-corrected chi connectivity index (χ4v) is 3.94. The smallest absolute Gasteiger partial charge is 0.548 e. The molecule has 0 aromatic heterocycles. The Labute approximate surface area is 279 Å². The van der Waals surface area contributed by atoms with E-state index in [0.717, 1.165) is 13.0 Å². The van der Waals surface area contributed by atoms with Crippen LogP contribution >= 0.6 is 0 Å². The summed E-state index contributed by atoms with van der Waals surface area (Å²) < 4.78 is 39.9. The average molecular weight is 615 g/mol. The minimum atomic E-state index is -1.24. The molecule has 0 bridgehead atoms. The molecular formula is C32H63NaO9. The standard InChI is InChI=1S/C32H64O9.Na/c1-8-9-10-11-12-13-14-15-16-17-18-35-19-26(2)36-20-27(3)37-21-28(4)38-22-29(5)39-23-30(6)40-24-31(7)41-25-32(33)34;/h26-31H,8-25H2,1-7H3,(H,33,34);/q;+1/p-1. The molecule has 0 saturated carbocycles. The van der Waals surface area contributed by atoms with E-state index in [1.54, 1.807) is 6.92 Å². The number of rotatable bonds is 31. The molecule has 0 aromatic rings.